The van der Waals surface area contributed by atoms with Crippen molar-refractivity contribution in [2.75, 3.05) is 13.1 Å². The molecule has 1 aromatic carbocycles. The van der Waals surface area contributed by atoms with E-state index in [1.165, 1.54) is 4.80 Å². The van der Waals surface area contributed by atoms with Gasteiger partial charge in [-0.3, -0.25) is 4.79 Å². The maximum atomic E-state index is 12.6. The van der Waals surface area contributed by atoms with Crippen molar-refractivity contribution in [3.05, 3.63) is 41.5 Å². The lowest BCUT2D eigenvalue weighted by Gasteiger charge is -2.29. The largest absolute Gasteiger partial charge is 0.415 e. The molecular formula is C18H19F2N7O2. The third kappa shape index (κ3) is 4.28. The molecule has 29 heavy (non-hydrogen) atoms. The van der Waals surface area contributed by atoms with Crippen LogP contribution in [0.5, 0.6) is 0 Å². The lowest BCUT2D eigenvalue weighted by atomic mass is 9.96. The van der Waals surface area contributed by atoms with Gasteiger partial charge in [-0.05, 0) is 35.8 Å². The van der Waals surface area contributed by atoms with Gasteiger partial charge >= 0.3 is 6.43 Å². The van der Waals surface area contributed by atoms with Crippen LogP contribution in [0.3, 0.4) is 0 Å². The summed E-state index contributed by atoms with van der Waals surface area (Å²) in [7, 11) is 0. The van der Waals surface area contributed by atoms with Crippen LogP contribution in [0.4, 0.5) is 8.78 Å². The number of likely N-dealkylation sites (tertiary alicyclic amines) is 1. The number of aromatic nitrogens is 6. The average Bonchev–Trinajstić information content (AvgIpc) is 3.39. The lowest BCUT2D eigenvalue weighted by Crippen LogP contribution is -2.36. The second-order valence-electron chi connectivity index (χ2n) is 6.90. The van der Waals surface area contributed by atoms with Crippen molar-refractivity contribution in [1.29, 1.82) is 0 Å². The number of benzene rings is 1. The Morgan fingerprint density at radius 1 is 1.17 bits per heavy atom. The van der Waals surface area contributed by atoms with Crippen molar-refractivity contribution in [3.63, 3.8) is 0 Å². The molecule has 1 aliphatic heterocycles. The standard InChI is InChI=1S/C18H19F2N7O2/c1-11(28)26-8-6-13(7-9-26)16-21-25-27(24-16)10-12-2-4-14(5-3-12)17-22-23-18(29-17)15(19)20/h2-5,13,15H,6-10H2,1H3. The zero-order valence-corrected chi connectivity index (χ0v) is 15.7. The second kappa shape index (κ2) is 8.02. The first-order chi connectivity index (χ1) is 14.0. The van der Waals surface area contributed by atoms with E-state index in [1.54, 1.807) is 19.1 Å². The molecule has 2 aromatic heterocycles. The number of hydrogen-bond acceptors (Lipinski definition) is 7. The molecular weight excluding hydrogens is 384 g/mol. The maximum Gasteiger partial charge on any atom is 0.314 e. The second-order valence-corrected chi connectivity index (χ2v) is 6.90. The lowest BCUT2D eigenvalue weighted by molar-refractivity contribution is -0.129. The summed E-state index contributed by atoms with van der Waals surface area (Å²) in [5.41, 5.74) is 1.47. The number of piperidine rings is 1. The van der Waals surface area contributed by atoms with Gasteiger partial charge in [0, 0.05) is 31.5 Å². The summed E-state index contributed by atoms with van der Waals surface area (Å²) in [6, 6.07) is 7.06. The van der Waals surface area contributed by atoms with Crippen LogP contribution in [0.1, 0.15) is 49.4 Å². The van der Waals surface area contributed by atoms with Crippen molar-refractivity contribution in [1.82, 2.24) is 35.3 Å². The zero-order chi connectivity index (χ0) is 20.4. The SMILES string of the molecule is CC(=O)N1CCC(c2nnn(Cc3ccc(-c4nnc(C(F)F)o4)cc3)n2)CC1. The van der Waals surface area contributed by atoms with E-state index in [9.17, 15) is 13.6 Å². The minimum absolute atomic E-state index is 0.0462. The van der Waals surface area contributed by atoms with Crippen LogP contribution < -0.4 is 0 Å². The highest BCUT2D eigenvalue weighted by Gasteiger charge is 2.25. The van der Waals surface area contributed by atoms with Crippen LogP contribution in [0, 0.1) is 0 Å². The number of amides is 1. The number of rotatable bonds is 5. The fourth-order valence-corrected chi connectivity index (χ4v) is 3.29. The molecule has 0 unspecified atom stereocenters. The van der Waals surface area contributed by atoms with Gasteiger partial charge in [0.05, 0.1) is 6.54 Å². The first kappa shape index (κ1) is 19.1. The monoisotopic (exact) mass is 403 g/mol. The molecule has 0 spiro atoms. The molecule has 4 rings (SSSR count). The van der Waals surface area contributed by atoms with E-state index in [1.807, 2.05) is 17.0 Å². The normalized spacial score (nSPS) is 15.2. The number of carbonyl (C=O) groups excluding carboxylic acids is 1. The Hall–Kier alpha value is -3.24. The van der Waals surface area contributed by atoms with E-state index in [4.69, 9.17) is 4.42 Å². The molecule has 3 aromatic rings. The molecule has 0 radical (unpaired) electrons. The molecule has 1 fully saturated rings. The maximum absolute atomic E-state index is 12.6. The van der Waals surface area contributed by atoms with Crippen molar-refractivity contribution in [3.8, 4) is 11.5 Å². The molecule has 152 valence electrons. The highest BCUT2D eigenvalue weighted by Crippen LogP contribution is 2.25. The zero-order valence-electron chi connectivity index (χ0n) is 15.7. The van der Waals surface area contributed by atoms with Crippen LogP contribution in [0.2, 0.25) is 0 Å². The fourth-order valence-electron chi connectivity index (χ4n) is 3.29. The third-order valence-electron chi connectivity index (χ3n) is 4.93. The van der Waals surface area contributed by atoms with Crippen LogP contribution in [0.15, 0.2) is 28.7 Å². The Morgan fingerprint density at radius 3 is 2.52 bits per heavy atom. The first-order valence-electron chi connectivity index (χ1n) is 9.23. The third-order valence-corrected chi connectivity index (χ3v) is 4.93. The molecule has 1 saturated heterocycles. The van der Waals surface area contributed by atoms with Crippen LogP contribution in [-0.4, -0.2) is 54.3 Å². The van der Waals surface area contributed by atoms with Gasteiger partial charge in [0.1, 0.15) is 0 Å². The molecule has 1 amide bonds. The van der Waals surface area contributed by atoms with Gasteiger partial charge in [0.2, 0.25) is 11.8 Å². The van der Waals surface area contributed by atoms with E-state index in [2.05, 4.69) is 25.6 Å². The average molecular weight is 403 g/mol. The predicted molar refractivity (Wildman–Crippen MR) is 95.8 cm³/mol. The quantitative estimate of drug-likeness (QED) is 0.645. The van der Waals surface area contributed by atoms with Crippen LogP contribution in [0.25, 0.3) is 11.5 Å². The highest BCUT2D eigenvalue weighted by molar-refractivity contribution is 5.73. The van der Waals surface area contributed by atoms with Crippen LogP contribution in [-0.2, 0) is 11.3 Å². The van der Waals surface area contributed by atoms with Gasteiger partial charge in [-0.2, -0.15) is 13.6 Å². The van der Waals surface area contributed by atoms with E-state index in [0.717, 1.165) is 18.4 Å². The predicted octanol–water partition coefficient (Wildman–Crippen LogP) is 2.43. The molecule has 0 N–H and O–H groups in total. The van der Waals surface area contributed by atoms with Crippen molar-refractivity contribution >= 4 is 5.91 Å². The minimum atomic E-state index is -2.79. The van der Waals surface area contributed by atoms with Gasteiger partial charge < -0.3 is 9.32 Å². The van der Waals surface area contributed by atoms with Gasteiger partial charge in [0.25, 0.3) is 5.89 Å². The molecule has 0 atom stereocenters. The summed E-state index contributed by atoms with van der Waals surface area (Å²) in [5.74, 6) is 0.329. The summed E-state index contributed by atoms with van der Waals surface area (Å²) >= 11 is 0. The molecule has 3 heterocycles. The highest BCUT2D eigenvalue weighted by atomic mass is 19.3. The molecule has 1 aliphatic rings. The number of carbonyl (C=O) groups is 1. The number of halogens is 2. The number of alkyl halides is 2. The Kier molecular flexibility index (Phi) is 5.28. The van der Waals surface area contributed by atoms with Crippen molar-refractivity contribution in [2.45, 2.75) is 38.7 Å². The van der Waals surface area contributed by atoms with Crippen LogP contribution >= 0.6 is 0 Å². The van der Waals surface area contributed by atoms with Crippen molar-refractivity contribution < 1.29 is 18.0 Å². The Balaban J connectivity index is 1.38. The number of nitrogens with zero attached hydrogens (tertiary/aromatic N) is 7. The summed E-state index contributed by atoms with van der Waals surface area (Å²) in [6.45, 7) is 3.42. The van der Waals surface area contributed by atoms with E-state index in [-0.39, 0.29) is 17.7 Å². The van der Waals surface area contributed by atoms with Gasteiger partial charge in [-0.25, -0.2) is 0 Å². The summed E-state index contributed by atoms with van der Waals surface area (Å²) < 4.78 is 30.1. The number of hydrogen-bond donors (Lipinski definition) is 0. The van der Waals surface area contributed by atoms with Gasteiger partial charge in [-0.15, -0.1) is 20.4 Å². The smallest absolute Gasteiger partial charge is 0.314 e. The Labute approximate surface area is 164 Å². The molecule has 9 nitrogen and oxygen atoms in total. The molecule has 0 aliphatic carbocycles. The Morgan fingerprint density at radius 2 is 1.90 bits per heavy atom. The van der Waals surface area contributed by atoms with Crippen molar-refractivity contribution in [2.24, 2.45) is 0 Å². The number of tetrazole rings is 1. The summed E-state index contributed by atoms with van der Waals surface area (Å²) in [6.07, 6.45) is -1.15. The van der Waals surface area contributed by atoms with E-state index in [0.29, 0.717) is 31.0 Å². The summed E-state index contributed by atoms with van der Waals surface area (Å²) in [5, 5.41) is 19.7. The Bertz CT molecular complexity index is 978. The minimum Gasteiger partial charge on any atom is -0.415 e. The fraction of sp³-hybridized carbons (Fsp3) is 0.444. The summed E-state index contributed by atoms with van der Waals surface area (Å²) in [4.78, 5) is 14.8. The van der Waals surface area contributed by atoms with Gasteiger partial charge in [-0.1, -0.05) is 12.1 Å². The van der Waals surface area contributed by atoms with E-state index >= 15 is 0 Å². The molecule has 11 heteroatoms. The molecule has 0 bridgehead atoms. The first-order valence-corrected chi connectivity index (χ1v) is 9.23. The van der Waals surface area contributed by atoms with Gasteiger partial charge in [0.15, 0.2) is 5.82 Å². The topological polar surface area (TPSA) is 103 Å². The van der Waals surface area contributed by atoms with E-state index < -0.39 is 12.3 Å². The molecule has 0 saturated carbocycles.